The van der Waals surface area contributed by atoms with Crippen LogP contribution in [0.15, 0.2) is 58.1 Å². The van der Waals surface area contributed by atoms with Gasteiger partial charge in [0.1, 0.15) is 17.1 Å². The number of carbonyl (C=O) groups excluding carboxylic acids is 1. The molecule has 0 aliphatic carbocycles. The van der Waals surface area contributed by atoms with Crippen LogP contribution in [0.5, 0.6) is 5.75 Å². The van der Waals surface area contributed by atoms with Gasteiger partial charge in [0.2, 0.25) is 0 Å². The Balaban J connectivity index is 1.87. The molecule has 1 amide bonds. The lowest BCUT2D eigenvalue weighted by atomic mass is 10.1. The van der Waals surface area contributed by atoms with Crippen molar-refractivity contribution in [2.45, 2.75) is 0 Å². The summed E-state index contributed by atoms with van der Waals surface area (Å²) in [6, 6.07) is 7.40. The van der Waals surface area contributed by atoms with Crippen molar-refractivity contribution in [3.8, 4) is 5.75 Å². The number of hydrogen-bond donors (Lipinski definition) is 2. The van der Waals surface area contributed by atoms with Gasteiger partial charge in [-0.3, -0.25) is 9.69 Å². The number of carboxylic acid groups (broad SMARTS) is 1. The summed E-state index contributed by atoms with van der Waals surface area (Å²) in [5, 5.41) is 18.7. The molecule has 0 saturated carbocycles. The van der Waals surface area contributed by atoms with Crippen molar-refractivity contribution in [3.05, 3.63) is 65.0 Å². The number of amides is 1. The van der Waals surface area contributed by atoms with Gasteiger partial charge in [-0.15, -0.1) is 0 Å². The van der Waals surface area contributed by atoms with Crippen molar-refractivity contribution >= 4 is 51.9 Å². The fraction of sp³-hybridized carbons (Fsp3) is 0. The van der Waals surface area contributed by atoms with Crippen LogP contribution in [0.3, 0.4) is 0 Å². The highest BCUT2D eigenvalue weighted by Gasteiger charge is 2.33. The maximum absolute atomic E-state index is 12.6. The minimum atomic E-state index is -1.29. The first-order valence-electron chi connectivity index (χ1n) is 7.02. The van der Waals surface area contributed by atoms with Crippen molar-refractivity contribution in [2.24, 2.45) is 0 Å². The van der Waals surface area contributed by atoms with E-state index in [2.05, 4.69) is 0 Å². The van der Waals surface area contributed by atoms with Gasteiger partial charge in [-0.2, -0.15) is 0 Å². The number of thiocarbonyl (C=S) groups is 1. The van der Waals surface area contributed by atoms with Gasteiger partial charge in [-0.05, 0) is 42.5 Å². The molecule has 126 valence electrons. The van der Waals surface area contributed by atoms with Gasteiger partial charge in [0.25, 0.3) is 5.91 Å². The van der Waals surface area contributed by atoms with Crippen LogP contribution >= 0.6 is 24.0 Å². The number of aromatic hydroxyl groups is 1. The largest absolute Gasteiger partial charge is 0.507 e. The first-order valence-corrected chi connectivity index (χ1v) is 8.24. The normalized spacial score (nSPS) is 16.3. The molecule has 0 unspecified atom stereocenters. The van der Waals surface area contributed by atoms with Gasteiger partial charge < -0.3 is 14.6 Å². The zero-order chi connectivity index (χ0) is 18.0. The van der Waals surface area contributed by atoms with Crippen molar-refractivity contribution in [3.63, 3.8) is 0 Å². The summed E-state index contributed by atoms with van der Waals surface area (Å²) in [4.78, 5) is 25.3. The maximum Gasteiger partial charge on any atom is 0.339 e. The molecule has 0 bridgehead atoms. The molecule has 0 spiro atoms. The summed E-state index contributed by atoms with van der Waals surface area (Å²) < 4.78 is 5.44. The molecule has 1 aromatic carbocycles. The van der Waals surface area contributed by atoms with Crippen LogP contribution in [-0.4, -0.2) is 26.4 Å². The number of nitrogens with zero attached hydrogens (tertiary/aromatic N) is 1. The smallest absolute Gasteiger partial charge is 0.339 e. The number of carbonyl (C=O) groups is 2. The molecule has 0 radical (unpaired) electrons. The number of hydrogen-bond acceptors (Lipinski definition) is 6. The van der Waals surface area contributed by atoms with Gasteiger partial charge in [-0.1, -0.05) is 30.1 Å². The quantitative estimate of drug-likeness (QED) is 0.624. The van der Waals surface area contributed by atoms with E-state index >= 15 is 0 Å². The summed E-state index contributed by atoms with van der Waals surface area (Å²) >= 11 is 6.33. The molecule has 1 aliphatic rings. The molecule has 6 nitrogen and oxygen atoms in total. The average molecular weight is 373 g/mol. The summed E-state index contributed by atoms with van der Waals surface area (Å²) in [5.74, 6) is -1.38. The molecule has 1 fully saturated rings. The topological polar surface area (TPSA) is 91.0 Å². The minimum Gasteiger partial charge on any atom is -0.507 e. The van der Waals surface area contributed by atoms with Crippen LogP contribution in [0.1, 0.15) is 16.1 Å². The minimum absolute atomic E-state index is 0.282. The highest BCUT2D eigenvalue weighted by molar-refractivity contribution is 8.27. The number of anilines is 1. The lowest BCUT2D eigenvalue weighted by Crippen LogP contribution is -2.27. The number of furan rings is 1. The second-order valence-corrected chi connectivity index (χ2v) is 6.60. The molecule has 1 aliphatic heterocycles. The number of carboxylic acids is 1. The molecule has 8 heteroatoms. The highest BCUT2D eigenvalue weighted by atomic mass is 32.2. The van der Waals surface area contributed by atoms with Crippen LogP contribution < -0.4 is 4.90 Å². The Morgan fingerprint density at radius 3 is 2.80 bits per heavy atom. The van der Waals surface area contributed by atoms with Gasteiger partial charge in [0, 0.05) is 0 Å². The van der Waals surface area contributed by atoms with E-state index < -0.39 is 5.97 Å². The van der Waals surface area contributed by atoms with Gasteiger partial charge in [-0.25, -0.2) is 4.79 Å². The number of rotatable bonds is 4. The number of aromatic carboxylic acids is 1. The molecule has 2 aromatic rings. The Morgan fingerprint density at radius 1 is 1.32 bits per heavy atom. The lowest BCUT2D eigenvalue weighted by Gasteiger charge is -2.15. The first kappa shape index (κ1) is 17.0. The molecule has 3 rings (SSSR count). The van der Waals surface area contributed by atoms with E-state index in [9.17, 15) is 14.7 Å². The maximum atomic E-state index is 12.6. The molecule has 1 saturated heterocycles. The van der Waals surface area contributed by atoms with E-state index in [0.717, 1.165) is 11.8 Å². The van der Waals surface area contributed by atoms with E-state index in [1.54, 1.807) is 36.6 Å². The molecule has 25 heavy (non-hydrogen) atoms. The fourth-order valence-electron chi connectivity index (χ4n) is 2.16. The van der Waals surface area contributed by atoms with Gasteiger partial charge in [0.15, 0.2) is 4.32 Å². The van der Waals surface area contributed by atoms with Gasteiger partial charge in [0.05, 0.1) is 16.9 Å². The van der Waals surface area contributed by atoms with Crippen LogP contribution in [0.25, 0.3) is 6.08 Å². The second kappa shape index (κ2) is 6.96. The van der Waals surface area contributed by atoms with E-state index in [1.165, 1.54) is 23.1 Å². The Morgan fingerprint density at radius 2 is 2.12 bits per heavy atom. The average Bonchev–Trinajstić information content (AvgIpc) is 3.17. The lowest BCUT2D eigenvalue weighted by molar-refractivity contribution is -0.113. The summed E-state index contributed by atoms with van der Waals surface area (Å²) in [7, 11) is 0. The molecular weight excluding hydrogens is 362 g/mol. The van der Waals surface area contributed by atoms with Crippen LogP contribution in [-0.2, 0) is 4.79 Å². The van der Waals surface area contributed by atoms with Crippen LogP contribution in [0.2, 0.25) is 0 Å². The van der Waals surface area contributed by atoms with E-state index in [4.69, 9.17) is 21.7 Å². The molecule has 2 N–H and O–H groups in total. The molecule has 2 heterocycles. The molecule has 0 atom stereocenters. The first-order chi connectivity index (χ1) is 12.0. The summed E-state index contributed by atoms with van der Waals surface area (Å²) in [6.07, 6.45) is 6.53. The Hall–Kier alpha value is -2.84. The SMILES string of the molecule is O=C(O)c1cc(N2C(=O)C(=CC=Cc3ccco3)SC2=S)ccc1O. The fourth-order valence-corrected chi connectivity index (χ4v) is 3.41. The summed E-state index contributed by atoms with van der Waals surface area (Å²) in [5.41, 5.74) is -0.00985. The zero-order valence-electron chi connectivity index (χ0n) is 12.6. The third-order valence-electron chi connectivity index (χ3n) is 3.31. The Kier molecular flexibility index (Phi) is 4.73. The standard InChI is InChI=1S/C17H11NO5S2/c19-13-7-6-10(9-12(13)16(21)22)18-15(20)14(25-17(18)24)5-1-3-11-4-2-8-23-11/h1-9,19H,(H,21,22). The second-order valence-electron chi connectivity index (χ2n) is 4.92. The third-order valence-corrected chi connectivity index (χ3v) is 4.63. The van der Waals surface area contributed by atoms with Gasteiger partial charge >= 0.3 is 5.97 Å². The van der Waals surface area contributed by atoms with Crippen LogP contribution in [0, 0.1) is 0 Å². The number of phenols is 1. The molecular formula is C17H11NO5S2. The van der Waals surface area contributed by atoms with E-state index in [0.29, 0.717) is 10.7 Å². The summed E-state index contributed by atoms with van der Waals surface area (Å²) in [6.45, 7) is 0. The van der Waals surface area contributed by atoms with Crippen LogP contribution in [0.4, 0.5) is 5.69 Å². The predicted molar refractivity (Wildman–Crippen MR) is 98.6 cm³/mol. The van der Waals surface area contributed by atoms with E-state index in [1.807, 2.05) is 0 Å². The van der Waals surface area contributed by atoms with E-state index in [-0.39, 0.29) is 27.2 Å². The number of benzene rings is 1. The Labute approximate surface area is 152 Å². The Bertz CT molecular complexity index is 915. The van der Waals surface area contributed by atoms with Crippen molar-refractivity contribution < 1.29 is 24.2 Å². The predicted octanol–water partition coefficient (Wildman–Crippen LogP) is 3.65. The monoisotopic (exact) mass is 373 g/mol. The number of thioether (sulfide) groups is 1. The zero-order valence-corrected chi connectivity index (χ0v) is 14.2. The molecule has 1 aromatic heterocycles. The van der Waals surface area contributed by atoms with Crippen molar-refractivity contribution in [2.75, 3.05) is 4.90 Å². The van der Waals surface area contributed by atoms with Crippen molar-refractivity contribution in [1.82, 2.24) is 0 Å². The van der Waals surface area contributed by atoms with Crippen molar-refractivity contribution in [1.29, 1.82) is 0 Å². The number of allylic oxidation sites excluding steroid dienone is 2. The third kappa shape index (κ3) is 3.49. The highest BCUT2D eigenvalue weighted by Crippen LogP contribution is 2.36.